The van der Waals surface area contributed by atoms with E-state index in [4.69, 9.17) is 4.74 Å². The average Bonchev–Trinajstić information content (AvgIpc) is 3.04. The van der Waals surface area contributed by atoms with E-state index in [9.17, 15) is 23.5 Å². The maximum Gasteiger partial charge on any atom is 0.295 e. The standard InChI is InChI=1S/C23H22F2N2O4/c24-17-5-1-15(2-6-17)20-19(21(28)16-3-7-18(25)8-4-16)22(29)23(30)27(20)10-9-26-11-13-31-14-12-26/h1-8,20,28H,9-14H2/p+1/t20-/m1/s1. The highest BCUT2D eigenvalue weighted by Crippen LogP contribution is 2.39. The lowest BCUT2D eigenvalue weighted by molar-refractivity contribution is -0.907. The van der Waals surface area contributed by atoms with E-state index in [2.05, 4.69) is 0 Å². The number of aliphatic hydroxyl groups excluding tert-OH is 1. The highest BCUT2D eigenvalue weighted by molar-refractivity contribution is 6.46. The molecule has 0 unspecified atom stereocenters. The summed E-state index contributed by atoms with van der Waals surface area (Å²) in [6, 6.07) is 9.67. The number of Topliss-reactive ketones (excluding diaryl/α,β-unsaturated/α-hetero) is 1. The zero-order chi connectivity index (χ0) is 22.0. The molecule has 2 aromatic carbocycles. The molecule has 1 amide bonds. The lowest BCUT2D eigenvalue weighted by Crippen LogP contribution is -3.14. The first-order valence-electron chi connectivity index (χ1n) is 10.2. The van der Waals surface area contributed by atoms with Crippen molar-refractivity contribution >= 4 is 17.4 Å². The molecule has 0 radical (unpaired) electrons. The summed E-state index contributed by atoms with van der Waals surface area (Å²) in [4.78, 5) is 28.5. The van der Waals surface area contributed by atoms with Gasteiger partial charge in [0.25, 0.3) is 11.7 Å². The third kappa shape index (κ3) is 4.35. The van der Waals surface area contributed by atoms with Crippen LogP contribution in [0.4, 0.5) is 8.78 Å². The fourth-order valence-corrected chi connectivity index (χ4v) is 4.05. The molecule has 6 nitrogen and oxygen atoms in total. The van der Waals surface area contributed by atoms with E-state index in [1.165, 1.54) is 58.3 Å². The number of ether oxygens (including phenoxy) is 1. The predicted octanol–water partition coefficient (Wildman–Crippen LogP) is 1.30. The molecule has 0 aromatic heterocycles. The minimum atomic E-state index is -0.855. The molecule has 2 aromatic rings. The summed E-state index contributed by atoms with van der Waals surface area (Å²) in [5.41, 5.74) is 0.659. The van der Waals surface area contributed by atoms with Gasteiger partial charge in [-0.2, -0.15) is 0 Å². The summed E-state index contributed by atoms with van der Waals surface area (Å²) in [7, 11) is 0. The number of likely N-dealkylation sites (tertiary alicyclic amines) is 1. The summed E-state index contributed by atoms with van der Waals surface area (Å²) in [6.07, 6.45) is 0. The number of rotatable bonds is 5. The van der Waals surface area contributed by atoms with Crippen molar-refractivity contribution in [1.82, 2.24) is 4.90 Å². The number of aliphatic hydroxyl groups is 1. The molecule has 2 fully saturated rings. The predicted molar refractivity (Wildman–Crippen MR) is 108 cm³/mol. The summed E-state index contributed by atoms with van der Waals surface area (Å²) < 4.78 is 32.2. The van der Waals surface area contributed by atoms with Crippen LogP contribution in [0, 0.1) is 11.6 Å². The number of amides is 1. The van der Waals surface area contributed by atoms with Crippen LogP contribution in [0.25, 0.3) is 5.76 Å². The fraction of sp³-hybridized carbons (Fsp3) is 0.304. The normalized spacial score (nSPS) is 21.6. The Hall–Kier alpha value is -3.10. The van der Waals surface area contributed by atoms with Crippen LogP contribution in [0.15, 0.2) is 54.1 Å². The quantitative estimate of drug-likeness (QED) is 0.427. The van der Waals surface area contributed by atoms with Crippen LogP contribution in [0.3, 0.4) is 0 Å². The molecule has 2 heterocycles. The second-order valence-corrected chi connectivity index (χ2v) is 7.66. The molecule has 1 atom stereocenters. The molecule has 2 saturated heterocycles. The first-order chi connectivity index (χ1) is 15.0. The van der Waals surface area contributed by atoms with Crippen molar-refractivity contribution in [2.75, 3.05) is 39.4 Å². The van der Waals surface area contributed by atoms with Crippen LogP contribution in [0.1, 0.15) is 17.2 Å². The molecule has 0 aliphatic carbocycles. The minimum absolute atomic E-state index is 0.0832. The Morgan fingerprint density at radius 2 is 1.58 bits per heavy atom. The summed E-state index contributed by atoms with van der Waals surface area (Å²) >= 11 is 0. The molecule has 2 aliphatic rings. The molecule has 0 bridgehead atoms. The largest absolute Gasteiger partial charge is 0.507 e. The second-order valence-electron chi connectivity index (χ2n) is 7.66. The van der Waals surface area contributed by atoms with Crippen LogP contribution in [-0.4, -0.2) is 61.1 Å². The number of morpholine rings is 1. The average molecular weight is 429 g/mol. The van der Waals surface area contributed by atoms with Crippen LogP contribution >= 0.6 is 0 Å². The monoisotopic (exact) mass is 429 g/mol. The van der Waals surface area contributed by atoms with Gasteiger partial charge in [0, 0.05) is 5.56 Å². The number of hydrogen-bond acceptors (Lipinski definition) is 4. The topological polar surface area (TPSA) is 71.3 Å². The van der Waals surface area contributed by atoms with Gasteiger partial charge in [-0.3, -0.25) is 9.59 Å². The number of hydrogen-bond donors (Lipinski definition) is 2. The molecule has 31 heavy (non-hydrogen) atoms. The van der Waals surface area contributed by atoms with Crippen molar-refractivity contribution in [2.24, 2.45) is 0 Å². The number of nitrogens with zero attached hydrogens (tertiary/aromatic N) is 1. The van der Waals surface area contributed by atoms with Crippen LogP contribution in [0.5, 0.6) is 0 Å². The lowest BCUT2D eigenvalue weighted by Gasteiger charge is -2.29. The number of benzene rings is 2. The van der Waals surface area contributed by atoms with Gasteiger partial charge in [-0.15, -0.1) is 0 Å². The van der Waals surface area contributed by atoms with Gasteiger partial charge < -0.3 is 19.6 Å². The SMILES string of the molecule is O=C1C(=O)N(CC[NH+]2CCOCC2)[C@H](c2ccc(F)cc2)C1=C(O)c1ccc(F)cc1. The van der Waals surface area contributed by atoms with Gasteiger partial charge in [-0.25, -0.2) is 8.78 Å². The number of halogens is 2. The third-order valence-corrected chi connectivity index (χ3v) is 5.75. The smallest absolute Gasteiger partial charge is 0.295 e. The van der Waals surface area contributed by atoms with Crippen molar-refractivity contribution < 1.29 is 33.1 Å². The molecular weight excluding hydrogens is 406 g/mol. The first-order valence-corrected chi connectivity index (χ1v) is 10.2. The molecule has 8 heteroatoms. The number of ketones is 1. The van der Waals surface area contributed by atoms with E-state index in [-0.39, 0.29) is 16.9 Å². The molecule has 4 rings (SSSR count). The van der Waals surface area contributed by atoms with Crippen molar-refractivity contribution in [1.29, 1.82) is 0 Å². The molecule has 0 saturated carbocycles. The molecular formula is C23H23F2N2O4+. The highest BCUT2D eigenvalue weighted by Gasteiger charge is 2.46. The van der Waals surface area contributed by atoms with Crippen molar-refractivity contribution in [3.8, 4) is 0 Å². The fourth-order valence-electron chi connectivity index (χ4n) is 4.05. The molecule has 0 spiro atoms. The zero-order valence-corrected chi connectivity index (χ0v) is 16.8. The summed E-state index contributed by atoms with van der Waals surface area (Å²) in [6.45, 7) is 3.80. The van der Waals surface area contributed by atoms with Gasteiger partial charge in [0.1, 0.15) is 30.5 Å². The van der Waals surface area contributed by atoms with E-state index >= 15 is 0 Å². The Morgan fingerprint density at radius 1 is 1.00 bits per heavy atom. The molecule has 2 aliphatic heterocycles. The van der Waals surface area contributed by atoms with E-state index < -0.39 is 29.4 Å². The third-order valence-electron chi connectivity index (χ3n) is 5.75. The van der Waals surface area contributed by atoms with Crippen LogP contribution in [0.2, 0.25) is 0 Å². The van der Waals surface area contributed by atoms with Crippen molar-refractivity contribution in [2.45, 2.75) is 6.04 Å². The number of carbonyl (C=O) groups is 2. The van der Waals surface area contributed by atoms with Gasteiger partial charge >= 0.3 is 0 Å². The van der Waals surface area contributed by atoms with E-state index in [1.54, 1.807) is 0 Å². The summed E-state index contributed by atoms with van der Waals surface area (Å²) in [5, 5.41) is 10.9. The second kappa shape index (κ2) is 8.95. The van der Waals surface area contributed by atoms with Crippen LogP contribution < -0.4 is 4.90 Å². The first kappa shape index (κ1) is 21.1. The molecule has 2 N–H and O–H groups in total. The van der Waals surface area contributed by atoms with Gasteiger partial charge in [0.15, 0.2) is 0 Å². The Labute approximate surface area is 178 Å². The van der Waals surface area contributed by atoms with Crippen molar-refractivity contribution in [3.05, 3.63) is 76.9 Å². The highest BCUT2D eigenvalue weighted by atomic mass is 19.1. The zero-order valence-electron chi connectivity index (χ0n) is 16.8. The van der Waals surface area contributed by atoms with E-state index in [0.29, 0.717) is 31.9 Å². The van der Waals surface area contributed by atoms with Gasteiger partial charge in [0.2, 0.25) is 0 Å². The van der Waals surface area contributed by atoms with Gasteiger partial charge in [-0.1, -0.05) is 12.1 Å². The van der Waals surface area contributed by atoms with E-state index in [1.807, 2.05) is 0 Å². The Morgan fingerprint density at radius 3 is 2.19 bits per heavy atom. The number of nitrogens with one attached hydrogen (secondary N) is 1. The van der Waals surface area contributed by atoms with Gasteiger partial charge in [-0.05, 0) is 42.0 Å². The lowest BCUT2D eigenvalue weighted by atomic mass is 9.95. The Bertz CT molecular complexity index is 999. The minimum Gasteiger partial charge on any atom is -0.507 e. The number of quaternary nitrogens is 1. The number of carbonyl (C=O) groups excluding carboxylic acids is 2. The maximum atomic E-state index is 13.5. The Kier molecular flexibility index (Phi) is 6.11. The molecule has 162 valence electrons. The Balaban J connectivity index is 1.72. The maximum absolute atomic E-state index is 13.5. The van der Waals surface area contributed by atoms with Gasteiger partial charge in [0.05, 0.1) is 37.9 Å². The van der Waals surface area contributed by atoms with E-state index in [0.717, 1.165) is 13.1 Å². The van der Waals surface area contributed by atoms with Crippen molar-refractivity contribution in [3.63, 3.8) is 0 Å². The summed E-state index contributed by atoms with van der Waals surface area (Å²) in [5.74, 6) is -2.84. The van der Waals surface area contributed by atoms with Crippen LogP contribution in [-0.2, 0) is 14.3 Å².